The van der Waals surface area contributed by atoms with Crippen LogP contribution in [0.2, 0.25) is 0 Å². The average molecular weight is 502 g/mol. The second-order valence-corrected chi connectivity index (χ2v) is 11.9. The third-order valence-electron chi connectivity index (χ3n) is 7.58. The number of nitrogens with zero attached hydrogens (tertiary/aromatic N) is 5. The molecule has 2 saturated carbocycles. The first-order valence-corrected chi connectivity index (χ1v) is 13.3. The van der Waals surface area contributed by atoms with Crippen molar-refractivity contribution in [2.45, 2.75) is 103 Å². The highest BCUT2D eigenvalue weighted by Crippen LogP contribution is 2.54. The predicted molar refractivity (Wildman–Crippen MR) is 135 cm³/mol. The zero-order valence-corrected chi connectivity index (χ0v) is 22.1. The smallest absolute Gasteiger partial charge is 0.410 e. The average Bonchev–Trinajstić information content (AvgIpc) is 3.21. The second kappa shape index (κ2) is 9.41. The normalized spacial score (nSPS) is 24.2. The molecular weight excluding hydrogens is 466 g/mol. The summed E-state index contributed by atoms with van der Waals surface area (Å²) in [5.41, 5.74) is -0.741. The van der Waals surface area contributed by atoms with Crippen LogP contribution in [0.5, 0.6) is 0 Å². The number of nitriles is 1. The summed E-state index contributed by atoms with van der Waals surface area (Å²) in [6.07, 6.45) is 6.52. The lowest BCUT2D eigenvalue weighted by molar-refractivity contribution is -0.0383. The summed E-state index contributed by atoms with van der Waals surface area (Å²) in [5, 5.41) is 9.79. The summed E-state index contributed by atoms with van der Waals surface area (Å²) in [7, 11) is 1.80. The Balaban J connectivity index is 1.51. The minimum Gasteiger partial charge on any atom is -0.444 e. The lowest BCUT2D eigenvalue weighted by atomic mass is 9.57. The third kappa shape index (κ3) is 4.75. The molecule has 1 spiro atoms. The number of fused-ring (bicyclic) bond motifs is 1. The molecule has 0 aliphatic heterocycles. The van der Waals surface area contributed by atoms with E-state index in [1.165, 1.54) is 4.57 Å². The van der Waals surface area contributed by atoms with E-state index in [2.05, 4.69) is 10.4 Å². The molecule has 0 unspecified atom stereocenters. The quantitative estimate of drug-likeness (QED) is 0.600. The third-order valence-corrected chi connectivity index (χ3v) is 8.33. The van der Waals surface area contributed by atoms with E-state index in [-0.39, 0.29) is 45.1 Å². The van der Waals surface area contributed by atoms with Gasteiger partial charge in [0.15, 0.2) is 5.65 Å². The molecule has 0 atom stereocenters. The summed E-state index contributed by atoms with van der Waals surface area (Å²) in [4.78, 5) is 41.2. The van der Waals surface area contributed by atoms with Crippen molar-refractivity contribution in [2.75, 3.05) is 7.05 Å². The van der Waals surface area contributed by atoms with Gasteiger partial charge in [-0.15, -0.1) is 0 Å². The molecule has 2 heterocycles. The SMILES string of the molecule is CCCCn1c(=O)n(C2CCC3(CC2)CC(N(C)C(=O)OC(C)(C)C)C3)c(=O)c2c(C#N)snc21. The molecule has 2 aliphatic rings. The van der Waals surface area contributed by atoms with Crippen LogP contribution in [0.1, 0.15) is 90.0 Å². The molecular formula is C25H35N5O4S. The molecule has 10 heteroatoms. The van der Waals surface area contributed by atoms with Gasteiger partial charge in [0.2, 0.25) is 0 Å². The van der Waals surface area contributed by atoms with E-state index in [4.69, 9.17) is 4.74 Å². The van der Waals surface area contributed by atoms with Crippen molar-refractivity contribution in [1.29, 1.82) is 5.26 Å². The van der Waals surface area contributed by atoms with Crippen LogP contribution in [0, 0.1) is 16.7 Å². The Morgan fingerprint density at radius 3 is 2.51 bits per heavy atom. The van der Waals surface area contributed by atoms with Crippen LogP contribution in [0.4, 0.5) is 4.79 Å². The van der Waals surface area contributed by atoms with Gasteiger partial charge in [-0.25, -0.2) is 9.59 Å². The number of hydrogen-bond donors (Lipinski definition) is 0. The minimum atomic E-state index is -0.521. The van der Waals surface area contributed by atoms with Gasteiger partial charge in [0.1, 0.15) is 21.9 Å². The first-order chi connectivity index (χ1) is 16.5. The molecule has 2 fully saturated rings. The van der Waals surface area contributed by atoms with Crippen LogP contribution in [0.25, 0.3) is 11.0 Å². The predicted octanol–water partition coefficient (Wildman–Crippen LogP) is 4.42. The zero-order valence-electron chi connectivity index (χ0n) is 21.3. The van der Waals surface area contributed by atoms with Crippen molar-refractivity contribution >= 4 is 28.7 Å². The monoisotopic (exact) mass is 501 g/mol. The van der Waals surface area contributed by atoms with Gasteiger partial charge in [0, 0.05) is 25.7 Å². The largest absolute Gasteiger partial charge is 0.444 e. The lowest BCUT2D eigenvalue weighted by Gasteiger charge is -2.54. The molecule has 35 heavy (non-hydrogen) atoms. The van der Waals surface area contributed by atoms with Crippen molar-refractivity contribution in [2.24, 2.45) is 5.41 Å². The van der Waals surface area contributed by atoms with Crippen LogP contribution in [-0.2, 0) is 11.3 Å². The van der Waals surface area contributed by atoms with Crippen molar-refractivity contribution in [3.63, 3.8) is 0 Å². The van der Waals surface area contributed by atoms with Gasteiger partial charge < -0.3 is 9.64 Å². The number of carbonyl (C=O) groups excluding carboxylic acids is 1. The number of aromatic nitrogens is 3. The number of carbonyl (C=O) groups is 1. The molecule has 0 radical (unpaired) electrons. The van der Waals surface area contributed by atoms with E-state index >= 15 is 0 Å². The Morgan fingerprint density at radius 2 is 1.94 bits per heavy atom. The minimum absolute atomic E-state index is 0.147. The number of unbranched alkanes of at least 4 members (excludes halogenated alkanes) is 1. The van der Waals surface area contributed by atoms with E-state index in [0.717, 1.165) is 62.9 Å². The van der Waals surface area contributed by atoms with E-state index in [1.807, 2.05) is 27.7 Å². The standard InChI is InChI=1S/C25H35N5O4S/c1-6-7-12-29-20-19(18(15-26)35-27-20)21(31)30(22(29)32)16-8-10-25(11-9-16)13-17(14-25)28(5)23(33)34-24(2,3)4/h16-17H,6-14H2,1-5H3. The highest BCUT2D eigenvalue weighted by molar-refractivity contribution is 7.07. The molecule has 2 aromatic heterocycles. The topological polar surface area (TPSA) is 110 Å². The summed E-state index contributed by atoms with van der Waals surface area (Å²) in [5.74, 6) is 0. The number of aryl methyl sites for hydroxylation is 1. The molecule has 4 rings (SSSR count). The molecule has 0 bridgehead atoms. The van der Waals surface area contributed by atoms with Crippen molar-refractivity contribution in [3.05, 3.63) is 25.7 Å². The molecule has 0 saturated heterocycles. The van der Waals surface area contributed by atoms with Crippen molar-refractivity contribution < 1.29 is 9.53 Å². The maximum Gasteiger partial charge on any atom is 0.410 e. The van der Waals surface area contributed by atoms with Gasteiger partial charge in [-0.2, -0.15) is 9.64 Å². The highest BCUT2D eigenvalue weighted by atomic mass is 32.1. The van der Waals surface area contributed by atoms with E-state index in [0.29, 0.717) is 12.2 Å². The summed E-state index contributed by atoms with van der Waals surface area (Å²) < 4.78 is 12.8. The Kier molecular flexibility index (Phi) is 6.84. The molecule has 2 aliphatic carbocycles. The zero-order chi connectivity index (χ0) is 25.5. The second-order valence-electron chi connectivity index (χ2n) is 11.2. The molecule has 190 valence electrons. The van der Waals surface area contributed by atoms with Gasteiger partial charge in [0.25, 0.3) is 5.56 Å². The van der Waals surface area contributed by atoms with Gasteiger partial charge in [-0.1, -0.05) is 13.3 Å². The highest BCUT2D eigenvalue weighted by Gasteiger charge is 2.49. The van der Waals surface area contributed by atoms with Crippen molar-refractivity contribution in [3.8, 4) is 6.07 Å². The maximum absolute atomic E-state index is 13.4. The van der Waals surface area contributed by atoms with Crippen LogP contribution < -0.4 is 11.2 Å². The lowest BCUT2D eigenvalue weighted by Crippen LogP contribution is -2.54. The molecule has 9 nitrogen and oxygen atoms in total. The molecule has 0 N–H and O–H groups in total. The maximum atomic E-state index is 13.4. The number of rotatable bonds is 5. The fourth-order valence-corrected chi connectivity index (χ4v) is 6.26. The summed E-state index contributed by atoms with van der Waals surface area (Å²) >= 11 is 0.983. The van der Waals surface area contributed by atoms with Crippen LogP contribution in [0.3, 0.4) is 0 Å². The Labute approximate surface area is 209 Å². The summed E-state index contributed by atoms with van der Waals surface area (Å²) in [6, 6.07) is 2.04. The Bertz CT molecular complexity index is 1260. The summed E-state index contributed by atoms with van der Waals surface area (Å²) in [6.45, 7) is 8.12. The van der Waals surface area contributed by atoms with Gasteiger partial charge in [-0.3, -0.25) is 13.9 Å². The van der Waals surface area contributed by atoms with Crippen molar-refractivity contribution in [1.82, 2.24) is 18.4 Å². The number of hydrogen-bond acceptors (Lipinski definition) is 7. The molecule has 1 amide bonds. The van der Waals surface area contributed by atoms with Crippen LogP contribution >= 0.6 is 11.5 Å². The first-order valence-electron chi connectivity index (χ1n) is 12.5. The molecule has 2 aromatic rings. The first kappa shape index (κ1) is 25.4. The fourth-order valence-electron chi connectivity index (χ4n) is 5.58. The van der Waals surface area contributed by atoms with E-state index < -0.39 is 5.60 Å². The van der Waals surface area contributed by atoms with Crippen LogP contribution in [0.15, 0.2) is 9.59 Å². The number of ether oxygens (including phenoxy) is 1. The Hall–Kier alpha value is -2.67. The van der Waals surface area contributed by atoms with E-state index in [1.54, 1.807) is 16.5 Å². The molecule has 0 aromatic carbocycles. The van der Waals surface area contributed by atoms with Crippen LogP contribution in [-0.4, -0.2) is 43.2 Å². The van der Waals surface area contributed by atoms with Gasteiger partial charge in [-0.05, 0) is 82.7 Å². The fraction of sp³-hybridized carbons (Fsp3) is 0.720. The van der Waals surface area contributed by atoms with Gasteiger partial charge in [0.05, 0.1) is 0 Å². The van der Waals surface area contributed by atoms with E-state index in [9.17, 15) is 19.6 Å². The Morgan fingerprint density at radius 1 is 1.29 bits per heavy atom. The van der Waals surface area contributed by atoms with Gasteiger partial charge >= 0.3 is 11.8 Å². The number of amides is 1.